The summed E-state index contributed by atoms with van der Waals surface area (Å²) in [5, 5.41) is 3.44. The normalized spacial score (nSPS) is 12.1. The summed E-state index contributed by atoms with van der Waals surface area (Å²) in [4.78, 5) is 29.7. The number of rotatable bonds is 9. The highest BCUT2D eigenvalue weighted by Gasteiger charge is 2.26. The number of hydrogen-bond acceptors (Lipinski definition) is 3. The van der Waals surface area contributed by atoms with Gasteiger partial charge in [0.15, 0.2) is 0 Å². The Bertz CT molecular complexity index is 940. The zero-order chi connectivity index (χ0) is 24.0. The summed E-state index contributed by atoms with van der Waals surface area (Å²) in [6.45, 7) is 10.7. The average molecular weight is 458 g/mol. The maximum absolute atomic E-state index is 13.5. The smallest absolute Gasteiger partial charge is 0.255 e. The molecule has 2 amide bonds. The van der Waals surface area contributed by atoms with E-state index in [9.17, 15) is 9.59 Å². The van der Waals surface area contributed by atoms with Crippen LogP contribution in [0.3, 0.4) is 0 Å². The molecule has 0 aliphatic rings. The van der Waals surface area contributed by atoms with Crippen LogP contribution in [0.4, 0.5) is 11.4 Å². The van der Waals surface area contributed by atoms with Gasteiger partial charge in [0, 0.05) is 44.5 Å². The molecule has 174 valence electrons. The Morgan fingerprint density at radius 3 is 2.22 bits per heavy atom. The van der Waals surface area contributed by atoms with Crippen LogP contribution in [0.1, 0.15) is 57.0 Å². The van der Waals surface area contributed by atoms with E-state index in [4.69, 9.17) is 11.6 Å². The summed E-state index contributed by atoms with van der Waals surface area (Å²) >= 11 is 6.35. The van der Waals surface area contributed by atoms with E-state index < -0.39 is 0 Å². The van der Waals surface area contributed by atoms with Crippen LogP contribution in [0.15, 0.2) is 42.5 Å². The van der Waals surface area contributed by atoms with Crippen LogP contribution in [0.25, 0.3) is 0 Å². The molecule has 6 heteroatoms. The van der Waals surface area contributed by atoms with Gasteiger partial charge in [0.1, 0.15) is 0 Å². The molecule has 0 saturated heterocycles. The summed E-state index contributed by atoms with van der Waals surface area (Å²) in [5.41, 5.74) is 3.19. The van der Waals surface area contributed by atoms with E-state index in [2.05, 4.69) is 26.1 Å². The number of benzene rings is 2. The van der Waals surface area contributed by atoms with Gasteiger partial charge >= 0.3 is 0 Å². The molecule has 0 saturated carbocycles. The average Bonchev–Trinajstić information content (AvgIpc) is 2.70. The van der Waals surface area contributed by atoms with E-state index in [1.165, 1.54) is 0 Å². The maximum Gasteiger partial charge on any atom is 0.255 e. The Kier molecular flexibility index (Phi) is 9.14. The molecule has 0 fully saturated rings. The van der Waals surface area contributed by atoms with Crippen molar-refractivity contribution in [1.82, 2.24) is 4.90 Å². The molecule has 0 aliphatic heterocycles. The van der Waals surface area contributed by atoms with Crippen molar-refractivity contribution in [3.8, 4) is 0 Å². The Hall–Kier alpha value is -2.53. The van der Waals surface area contributed by atoms with Gasteiger partial charge in [0.25, 0.3) is 5.91 Å². The van der Waals surface area contributed by atoms with Crippen LogP contribution in [0, 0.1) is 11.8 Å². The number of nitrogens with one attached hydrogen (secondary N) is 1. The van der Waals surface area contributed by atoms with Gasteiger partial charge < -0.3 is 15.1 Å². The summed E-state index contributed by atoms with van der Waals surface area (Å²) in [7, 11) is 3.95. The van der Waals surface area contributed by atoms with Crippen LogP contribution in [-0.2, 0) is 11.3 Å². The van der Waals surface area contributed by atoms with Crippen molar-refractivity contribution in [2.24, 2.45) is 11.8 Å². The maximum atomic E-state index is 13.5. The first kappa shape index (κ1) is 25.7. The highest BCUT2D eigenvalue weighted by molar-refractivity contribution is 6.33. The van der Waals surface area contributed by atoms with Crippen LogP contribution >= 0.6 is 11.6 Å². The molecule has 1 atom stereocenters. The highest BCUT2D eigenvalue weighted by Crippen LogP contribution is 2.28. The second-order valence-electron chi connectivity index (χ2n) is 9.28. The Labute approximate surface area is 197 Å². The van der Waals surface area contributed by atoms with E-state index >= 15 is 0 Å². The van der Waals surface area contributed by atoms with Gasteiger partial charge in [-0.1, -0.05) is 51.4 Å². The molecule has 0 aliphatic carbocycles. The topological polar surface area (TPSA) is 52.7 Å². The number of halogens is 1. The summed E-state index contributed by atoms with van der Waals surface area (Å²) in [6, 6.07) is 13.0. The zero-order valence-electron chi connectivity index (χ0n) is 20.3. The Morgan fingerprint density at radius 2 is 1.66 bits per heavy atom. The van der Waals surface area contributed by atoms with E-state index in [-0.39, 0.29) is 29.7 Å². The molecule has 0 heterocycles. The molecule has 5 nitrogen and oxygen atoms in total. The van der Waals surface area contributed by atoms with Gasteiger partial charge in [-0.2, -0.15) is 0 Å². The SMILES string of the molecule is CC(C)CC(=O)Nc1ccc(N(C)C)c(CN(C(=O)c2ccccc2Cl)[C@H](C)C(C)C)c1. The Morgan fingerprint density at radius 1 is 1.00 bits per heavy atom. The third-order valence-corrected chi connectivity index (χ3v) is 5.93. The summed E-state index contributed by atoms with van der Waals surface area (Å²) in [5.74, 6) is 0.433. The summed E-state index contributed by atoms with van der Waals surface area (Å²) in [6.07, 6.45) is 0.465. The van der Waals surface area contributed by atoms with Gasteiger partial charge in [-0.15, -0.1) is 0 Å². The fourth-order valence-electron chi connectivity index (χ4n) is 3.54. The molecule has 1 N–H and O–H groups in total. The Balaban J connectivity index is 2.44. The number of carbonyl (C=O) groups excluding carboxylic acids is 2. The number of hydrogen-bond donors (Lipinski definition) is 1. The number of anilines is 2. The van der Waals surface area contributed by atoms with Crippen LogP contribution in [0.5, 0.6) is 0 Å². The molecule has 0 radical (unpaired) electrons. The second kappa shape index (κ2) is 11.4. The minimum Gasteiger partial charge on any atom is -0.377 e. The molecule has 0 bridgehead atoms. The lowest BCUT2D eigenvalue weighted by Crippen LogP contribution is -2.41. The van der Waals surface area contributed by atoms with Crippen LogP contribution in [-0.4, -0.2) is 36.9 Å². The fourth-order valence-corrected chi connectivity index (χ4v) is 3.76. The van der Waals surface area contributed by atoms with E-state index in [1.54, 1.807) is 12.1 Å². The van der Waals surface area contributed by atoms with Crippen molar-refractivity contribution in [2.45, 2.75) is 53.6 Å². The summed E-state index contributed by atoms with van der Waals surface area (Å²) < 4.78 is 0. The molecule has 2 aromatic carbocycles. The van der Waals surface area contributed by atoms with Gasteiger partial charge in [-0.05, 0) is 54.7 Å². The fraction of sp³-hybridized carbons (Fsp3) is 0.462. The predicted octanol–water partition coefficient (Wildman–Crippen LogP) is 6.08. The first-order valence-corrected chi connectivity index (χ1v) is 11.5. The largest absolute Gasteiger partial charge is 0.377 e. The molecule has 2 aromatic rings. The minimum atomic E-state index is -0.101. The molecule has 0 aromatic heterocycles. The van der Waals surface area contributed by atoms with Crippen LogP contribution in [0.2, 0.25) is 5.02 Å². The highest BCUT2D eigenvalue weighted by atomic mass is 35.5. The quantitative estimate of drug-likeness (QED) is 0.496. The van der Waals surface area contributed by atoms with Crippen molar-refractivity contribution in [1.29, 1.82) is 0 Å². The molecule has 2 rings (SSSR count). The van der Waals surface area contributed by atoms with Crippen molar-refractivity contribution in [3.05, 3.63) is 58.6 Å². The molecular weight excluding hydrogens is 422 g/mol. The third-order valence-electron chi connectivity index (χ3n) is 5.60. The second-order valence-corrected chi connectivity index (χ2v) is 9.69. The number of amides is 2. The number of carbonyl (C=O) groups is 2. The van der Waals surface area contributed by atoms with Crippen molar-refractivity contribution < 1.29 is 9.59 Å². The molecule has 0 spiro atoms. The van der Waals surface area contributed by atoms with Crippen molar-refractivity contribution in [2.75, 3.05) is 24.3 Å². The van der Waals surface area contributed by atoms with Gasteiger partial charge in [-0.3, -0.25) is 9.59 Å². The predicted molar refractivity (Wildman–Crippen MR) is 134 cm³/mol. The third kappa shape index (κ3) is 6.73. The van der Waals surface area contributed by atoms with E-state index in [1.807, 2.05) is 68.1 Å². The van der Waals surface area contributed by atoms with E-state index in [0.717, 1.165) is 16.9 Å². The first-order valence-electron chi connectivity index (χ1n) is 11.2. The first-order chi connectivity index (χ1) is 15.0. The molecule has 32 heavy (non-hydrogen) atoms. The number of nitrogens with zero attached hydrogens (tertiary/aromatic N) is 2. The lowest BCUT2D eigenvalue weighted by Gasteiger charge is -2.33. The van der Waals surface area contributed by atoms with Crippen molar-refractivity contribution in [3.63, 3.8) is 0 Å². The van der Waals surface area contributed by atoms with Crippen LogP contribution < -0.4 is 10.2 Å². The minimum absolute atomic E-state index is 0.00651. The monoisotopic (exact) mass is 457 g/mol. The van der Waals surface area contributed by atoms with Gasteiger partial charge in [-0.25, -0.2) is 0 Å². The van der Waals surface area contributed by atoms with Crippen molar-refractivity contribution >= 4 is 34.8 Å². The molecule has 0 unspecified atom stereocenters. The lowest BCUT2D eigenvalue weighted by molar-refractivity contribution is -0.116. The van der Waals surface area contributed by atoms with E-state index in [0.29, 0.717) is 23.6 Å². The lowest BCUT2D eigenvalue weighted by atomic mass is 10.0. The standard InChI is InChI=1S/C26H36ClN3O2/c1-17(2)14-25(31)28-21-12-13-24(29(6)7)20(15-21)16-30(19(5)18(3)4)26(32)22-10-8-9-11-23(22)27/h8-13,15,17-19H,14,16H2,1-7H3,(H,28,31)/t19-/m1/s1. The van der Waals surface area contributed by atoms with Gasteiger partial charge in [0.2, 0.25) is 5.91 Å². The zero-order valence-corrected chi connectivity index (χ0v) is 21.0. The molecular formula is C26H36ClN3O2. The van der Waals surface area contributed by atoms with Gasteiger partial charge in [0.05, 0.1) is 10.6 Å².